The summed E-state index contributed by atoms with van der Waals surface area (Å²) in [6, 6.07) is 10.8. The van der Waals surface area contributed by atoms with Gasteiger partial charge in [0.2, 0.25) is 5.75 Å². The molecule has 4 aromatic rings. The lowest BCUT2D eigenvalue weighted by molar-refractivity contribution is 0.104. The van der Waals surface area contributed by atoms with E-state index in [9.17, 15) is 9.59 Å². The smallest absolute Gasteiger partial charge is 0.250 e. The molecule has 34 heavy (non-hydrogen) atoms. The third kappa shape index (κ3) is 4.17. The molecule has 0 saturated carbocycles. The number of pyridine rings is 1. The number of rotatable bonds is 7. The quantitative estimate of drug-likeness (QED) is 0.328. The van der Waals surface area contributed by atoms with Crippen LogP contribution in [0.25, 0.3) is 22.7 Å². The number of benzene rings is 2. The first kappa shape index (κ1) is 22.8. The van der Waals surface area contributed by atoms with Crippen LogP contribution in [0.2, 0.25) is 0 Å². The van der Waals surface area contributed by atoms with Gasteiger partial charge in [-0.1, -0.05) is 17.7 Å². The van der Waals surface area contributed by atoms with Crippen molar-refractivity contribution in [3.63, 3.8) is 0 Å². The molecular formula is C26H25N3O5. The van der Waals surface area contributed by atoms with Gasteiger partial charge >= 0.3 is 0 Å². The van der Waals surface area contributed by atoms with Gasteiger partial charge < -0.3 is 19.2 Å². The summed E-state index contributed by atoms with van der Waals surface area (Å²) in [7, 11) is 4.60. The molecule has 0 spiro atoms. The molecule has 0 fully saturated rings. The van der Waals surface area contributed by atoms with Crippen LogP contribution in [0.5, 0.6) is 17.2 Å². The number of fused-ring (bicyclic) bond motifs is 1. The van der Waals surface area contributed by atoms with Crippen LogP contribution < -0.4 is 19.8 Å². The summed E-state index contributed by atoms with van der Waals surface area (Å²) >= 11 is 0. The van der Waals surface area contributed by atoms with Crippen molar-refractivity contribution in [3.8, 4) is 22.9 Å². The van der Waals surface area contributed by atoms with Gasteiger partial charge in [0.1, 0.15) is 0 Å². The molecule has 2 heterocycles. The number of aromatic nitrogens is 3. The molecule has 0 bridgehead atoms. The molecule has 4 rings (SSSR count). The average molecular weight is 460 g/mol. The van der Waals surface area contributed by atoms with E-state index >= 15 is 0 Å². The van der Waals surface area contributed by atoms with Gasteiger partial charge in [0, 0.05) is 11.5 Å². The van der Waals surface area contributed by atoms with Gasteiger partial charge in [-0.25, -0.2) is 4.68 Å². The van der Waals surface area contributed by atoms with Gasteiger partial charge in [0.25, 0.3) is 5.56 Å². The lowest BCUT2D eigenvalue weighted by Gasteiger charge is -2.12. The van der Waals surface area contributed by atoms with Gasteiger partial charge in [-0.05, 0) is 49.8 Å². The molecule has 0 amide bonds. The zero-order valence-electron chi connectivity index (χ0n) is 19.6. The first-order valence-electron chi connectivity index (χ1n) is 10.6. The van der Waals surface area contributed by atoms with Crippen molar-refractivity contribution in [1.29, 1.82) is 0 Å². The number of nitrogens with one attached hydrogen (secondary N) is 1. The molecule has 0 atom stereocenters. The van der Waals surface area contributed by atoms with Crippen molar-refractivity contribution in [2.75, 3.05) is 21.3 Å². The highest BCUT2D eigenvalue weighted by Crippen LogP contribution is 2.38. The van der Waals surface area contributed by atoms with Gasteiger partial charge in [0.15, 0.2) is 17.3 Å². The van der Waals surface area contributed by atoms with Gasteiger partial charge in [-0.15, -0.1) is 0 Å². The molecule has 1 N–H and O–H groups in total. The van der Waals surface area contributed by atoms with E-state index in [4.69, 9.17) is 14.2 Å². The van der Waals surface area contributed by atoms with Crippen LogP contribution >= 0.6 is 0 Å². The fourth-order valence-corrected chi connectivity index (χ4v) is 3.88. The Hall–Kier alpha value is -4.33. The Labute approximate surface area is 196 Å². The van der Waals surface area contributed by atoms with Crippen molar-refractivity contribution in [2.45, 2.75) is 13.8 Å². The van der Waals surface area contributed by atoms with E-state index in [-0.39, 0.29) is 11.3 Å². The zero-order valence-corrected chi connectivity index (χ0v) is 19.6. The van der Waals surface area contributed by atoms with Crippen molar-refractivity contribution in [3.05, 3.63) is 81.4 Å². The third-order valence-electron chi connectivity index (χ3n) is 5.59. The number of H-pyrrole nitrogens is 1. The highest BCUT2D eigenvalue weighted by molar-refractivity contribution is 6.07. The molecule has 0 unspecified atom stereocenters. The summed E-state index contributed by atoms with van der Waals surface area (Å²) in [5.41, 5.74) is 3.92. The van der Waals surface area contributed by atoms with Gasteiger partial charge in [-0.2, -0.15) is 5.10 Å². The van der Waals surface area contributed by atoms with E-state index in [1.54, 1.807) is 29.8 Å². The van der Waals surface area contributed by atoms with E-state index in [0.717, 1.165) is 10.9 Å². The predicted octanol–water partition coefficient (Wildman–Crippen LogP) is 4.25. The van der Waals surface area contributed by atoms with E-state index < -0.39 is 0 Å². The normalized spacial score (nSPS) is 11.2. The summed E-state index contributed by atoms with van der Waals surface area (Å²) in [4.78, 5) is 28.1. The second kappa shape index (κ2) is 9.27. The maximum absolute atomic E-state index is 13.0. The number of allylic oxidation sites excluding steroid dienone is 1. The van der Waals surface area contributed by atoms with Crippen LogP contribution in [-0.2, 0) is 0 Å². The molecule has 174 valence electrons. The minimum atomic E-state index is -0.239. The topological polar surface area (TPSA) is 95.4 Å². The number of aromatic amines is 1. The Bertz CT molecular complexity index is 1450. The largest absolute Gasteiger partial charge is 0.493 e. The molecule has 2 aromatic heterocycles. The number of hydrogen-bond donors (Lipinski definition) is 1. The third-order valence-corrected chi connectivity index (χ3v) is 5.59. The van der Waals surface area contributed by atoms with Gasteiger partial charge in [-0.3, -0.25) is 9.59 Å². The summed E-state index contributed by atoms with van der Waals surface area (Å²) in [6.07, 6.45) is 4.66. The molecule has 8 heteroatoms. The number of ether oxygens (including phenoxy) is 3. The highest BCUT2D eigenvalue weighted by atomic mass is 16.5. The molecular weight excluding hydrogens is 434 g/mol. The number of nitrogens with zero attached hydrogens (tertiary/aromatic N) is 2. The summed E-state index contributed by atoms with van der Waals surface area (Å²) in [5.74, 6) is 1.25. The van der Waals surface area contributed by atoms with Crippen molar-refractivity contribution < 1.29 is 19.0 Å². The first-order valence-corrected chi connectivity index (χ1v) is 10.6. The number of carbonyl (C=O) groups excluding carboxylic acids is 1. The maximum Gasteiger partial charge on any atom is 0.250 e. The fourth-order valence-electron chi connectivity index (χ4n) is 3.88. The zero-order chi connectivity index (χ0) is 24.4. The standard InChI is InChI=1S/C26H25N3O5/c1-15-6-8-20-18(10-15)21(13-25(31)28-20)29-16(2)19(14-27-29)22(30)9-7-17-11-23(32-3)26(34-5)24(12-17)33-4/h6-14H,1-5H3,(H,28,31)/b9-7+. The monoisotopic (exact) mass is 459 g/mol. The number of carbonyl (C=O) groups is 1. The maximum atomic E-state index is 13.0. The lowest BCUT2D eigenvalue weighted by Crippen LogP contribution is -2.10. The first-order chi connectivity index (χ1) is 16.4. The molecule has 2 aromatic carbocycles. The van der Waals surface area contributed by atoms with Crippen molar-refractivity contribution >= 4 is 22.8 Å². The number of hydrogen-bond acceptors (Lipinski definition) is 6. The van der Waals surface area contributed by atoms with Crippen LogP contribution in [0.3, 0.4) is 0 Å². The second-order valence-electron chi connectivity index (χ2n) is 7.78. The second-order valence-corrected chi connectivity index (χ2v) is 7.78. The van der Waals surface area contributed by atoms with E-state index in [0.29, 0.717) is 45.3 Å². The van der Waals surface area contributed by atoms with Crippen LogP contribution in [-0.4, -0.2) is 41.9 Å². The Morgan fingerprint density at radius 2 is 1.71 bits per heavy atom. The van der Waals surface area contributed by atoms with Crippen molar-refractivity contribution in [1.82, 2.24) is 14.8 Å². The van der Waals surface area contributed by atoms with Crippen LogP contribution in [0.15, 0.2) is 53.5 Å². The summed E-state index contributed by atoms with van der Waals surface area (Å²) < 4.78 is 17.7. The Balaban J connectivity index is 1.70. The van der Waals surface area contributed by atoms with Crippen LogP contribution in [0, 0.1) is 13.8 Å². The lowest BCUT2D eigenvalue weighted by atomic mass is 10.1. The molecule has 8 nitrogen and oxygen atoms in total. The molecule has 0 radical (unpaired) electrons. The Kier molecular flexibility index (Phi) is 6.23. The van der Waals surface area contributed by atoms with Crippen LogP contribution in [0.4, 0.5) is 0 Å². The number of aryl methyl sites for hydroxylation is 1. The van der Waals surface area contributed by atoms with Gasteiger partial charge in [0.05, 0.1) is 50.0 Å². The average Bonchev–Trinajstić information content (AvgIpc) is 3.22. The summed E-state index contributed by atoms with van der Waals surface area (Å²) in [6.45, 7) is 3.78. The minimum Gasteiger partial charge on any atom is -0.493 e. The molecule has 0 aliphatic carbocycles. The SMILES string of the molecule is COc1cc(/C=C/C(=O)c2cnn(-c3cc(=O)[nH]c4ccc(C)cc34)c2C)cc(OC)c1OC. The summed E-state index contributed by atoms with van der Waals surface area (Å²) in [5, 5.41) is 5.26. The molecule has 0 saturated heterocycles. The Morgan fingerprint density at radius 1 is 1.00 bits per heavy atom. The highest BCUT2D eigenvalue weighted by Gasteiger charge is 2.16. The van der Waals surface area contributed by atoms with Crippen molar-refractivity contribution in [2.24, 2.45) is 0 Å². The molecule has 0 aliphatic rings. The number of ketones is 1. The fraction of sp³-hybridized carbons (Fsp3) is 0.192. The van der Waals surface area contributed by atoms with E-state index in [2.05, 4.69) is 10.1 Å². The molecule has 0 aliphatic heterocycles. The Morgan fingerprint density at radius 3 is 2.35 bits per heavy atom. The minimum absolute atomic E-state index is 0.220. The van der Waals surface area contributed by atoms with E-state index in [1.165, 1.54) is 39.7 Å². The number of methoxy groups -OCH3 is 3. The van der Waals surface area contributed by atoms with E-state index in [1.807, 2.05) is 25.1 Å². The van der Waals surface area contributed by atoms with Crippen LogP contribution in [0.1, 0.15) is 27.2 Å². The predicted molar refractivity (Wildman–Crippen MR) is 131 cm³/mol.